The van der Waals surface area contributed by atoms with Gasteiger partial charge in [-0.05, 0) is 22.6 Å². The number of benzene rings is 1. The van der Waals surface area contributed by atoms with Crippen LogP contribution in [-0.2, 0) is 14.9 Å². The first kappa shape index (κ1) is 14.5. The number of rotatable bonds is 2. The Morgan fingerprint density at radius 1 is 1.15 bits per heavy atom. The van der Waals surface area contributed by atoms with Crippen molar-refractivity contribution in [1.82, 2.24) is 0 Å². The summed E-state index contributed by atoms with van der Waals surface area (Å²) in [7, 11) is 0. The highest BCUT2D eigenvalue weighted by Gasteiger charge is 2.24. The molecule has 0 N–H and O–H groups in total. The van der Waals surface area contributed by atoms with Crippen molar-refractivity contribution in [3.8, 4) is 0 Å². The van der Waals surface area contributed by atoms with E-state index >= 15 is 0 Å². The highest BCUT2D eigenvalue weighted by atomic mass is 16.6. The summed E-state index contributed by atoms with van der Waals surface area (Å²) in [4.78, 5) is 16.0. The monoisotopic (exact) mass is 271 g/mol. The highest BCUT2D eigenvalue weighted by molar-refractivity contribution is 6.07. The fraction of sp³-hybridized carbons (Fsp3) is 0.412. The lowest BCUT2D eigenvalue weighted by Gasteiger charge is -2.18. The number of carbonyl (C=O) groups is 1. The quantitative estimate of drug-likeness (QED) is 0.603. The summed E-state index contributed by atoms with van der Waals surface area (Å²) in [6.45, 7) is 10.4. The largest absolute Gasteiger partial charge is 0.407 e. The molecule has 2 rings (SSSR count). The number of carbonyl (C=O) groups excluding carboxylic acids is 1. The lowest BCUT2D eigenvalue weighted by atomic mass is 9.87. The number of nitrogens with zero attached hydrogens (tertiary/aromatic N) is 1. The first-order valence-corrected chi connectivity index (χ1v) is 6.90. The molecule has 1 aliphatic heterocycles. The minimum atomic E-state index is -0.367. The van der Waals surface area contributed by atoms with Gasteiger partial charge in [0.2, 0.25) is 5.90 Å². The summed E-state index contributed by atoms with van der Waals surface area (Å²) in [5.41, 5.74) is 2.72. The Morgan fingerprint density at radius 3 is 2.20 bits per heavy atom. The second-order valence-electron chi connectivity index (χ2n) is 6.40. The third kappa shape index (κ3) is 3.16. The van der Waals surface area contributed by atoms with Crippen molar-refractivity contribution in [2.45, 2.75) is 40.0 Å². The Morgan fingerprint density at radius 2 is 1.75 bits per heavy atom. The third-order valence-corrected chi connectivity index (χ3v) is 3.21. The molecular weight excluding hydrogens is 250 g/mol. The summed E-state index contributed by atoms with van der Waals surface area (Å²) in [5, 5.41) is 0. The molecule has 1 aromatic rings. The predicted octanol–water partition coefficient (Wildman–Crippen LogP) is 3.94. The second-order valence-corrected chi connectivity index (χ2v) is 6.40. The molecule has 0 amide bonds. The molecule has 0 bridgehead atoms. The van der Waals surface area contributed by atoms with Crippen LogP contribution in [0.4, 0.5) is 0 Å². The molecule has 106 valence electrons. The molecule has 0 spiro atoms. The normalized spacial score (nSPS) is 17.6. The zero-order valence-corrected chi connectivity index (χ0v) is 12.7. The summed E-state index contributed by atoms with van der Waals surface area (Å²) >= 11 is 0. The summed E-state index contributed by atoms with van der Waals surface area (Å²) < 4.78 is 5.13. The molecule has 0 radical (unpaired) electrons. The number of hydrogen-bond acceptors (Lipinski definition) is 3. The van der Waals surface area contributed by atoms with Crippen LogP contribution in [0.5, 0.6) is 0 Å². The molecule has 0 aromatic heterocycles. The van der Waals surface area contributed by atoms with Gasteiger partial charge in [-0.1, -0.05) is 58.9 Å². The topological polar surface area (TPSA) is 38.7 Å². The van der Waals surface area contributed by atoms with E-state index in [-0.39, 0.29) is 17.3 Å². The molecule has 0 atom stereocenters. The number of ether oxygens (including phenoxy) is 1. The Hall–Kier alpha value is -1.90. The van der Waals surface area contributed by atoms with Gasteiger partial charge in [-0.3, -0.25) is 0 Å². The fourth-order valence-electron chi connectivity index (χ4n) is 1.91. The fourth-order valence-corrected chi connectivity index (χ4v) is 1.91. The number of aliphatic imine (C=N–C) groups is 1. The maximum atomic E-state index is 11.7. The molecule has 3 heteroatoms. The van der Waals surface area contributed by atoms with Gasteiger partial charge in [-0.2, -0.15) is 0 Å². The van der Waals surface area contributed by atoms with Crippen LogP contribution in [0.15, 0.2) is 35.0 Å². The summed E-state index contributed by atoms with van der Waals surface area (Å²) in [5.74, 6) is 0.245. The van der Waals surface area contributed by atoms with Crippen molar-refractivity contribution in [3.05, 3.63) is 41.1 Å². The van der Waals surface area contributed by atoms with Crippen LogP contribution in [0.25, 0.3) is 6.08 Å². The molecule has 1 aromatic carbocycles. The van der Waals surface area contributed by atoms with Gasteiger partial charge in [0.15, 0.2) is 5.70 Å². The van der Waals surface area contributed by atoms with E-state index in [9.17, 15) is 4.79 Å². The zero-order valence-electron chi connectivity index (χ0n) is 12.7. The lowest BCUT2D eigenvalue weighted by molar-refractivity contribution is -0.130. The molecule has 0 saturated carbocycles. The first-order chi connectivity index (χ1) is 9.27. The van der Waals surface area contributed by atoms with E-state index in [0.717, 1.165) is 5.56 Å². The SMILES string of the molecule is CC(C)C1=N/C(=C/c2ccc(C(C)(C)C)cc2)C(=O)O1. The maximum absolute atomic E-state index is 11.7. The summed E-state index contributed by atoms with van der Waals surface area (Å²) in [6, 6.07) is 8.17. The van der Waals surface area contributed by atoms with Gasteiger partial charge in [0.25, 0.3) is 0 Å². The highest BCUT2D eigenvalue weighted by Crippen LogP contribution is 2.24. The van der Waals surface area contributed by atoms with E-state index in [0.29, 0.717) is 11.6 Å². The van der Waals surface area contributed by atoms with Crippen molar-refractivity contribution in [1.29, 1.82) is 0 Å². The van der Waals surface area contributed by atoms with Gasteiger partial charge in [0.05, 0.1) is 0 Å². The van der Waals surface area contributed by atoms with Crippen molar-refractivity contribution < 1.29 is 9.53 Å². The predicted molar refractivity (Wildman–Crippen MR) is 81.5 cm³/mol. The van der Waals surface area contributed by atoms with Gasteiger partial charge in [0.1, 0.15) is 0 Å². The molecule has 0 unspecified atom stereocenters. The van der Waals surface area contributed by atoms with Crippen molar-refractivity contribution >= 4 is 17.9 Å². The van der Waals surface area contributed by atoms with E-state index in [1.165, 1.54) is 5.56 Å². The van der Waals surface area contributed by atoms with Crippen LogP contribution in [0.2, 0.25) is 0 Å². The lowest BCUT2D eigenvalue weighted by Crippen LogP contribution is -2.10. The Bertz CT molecular complexity index is 572. The molecule has 0 aliphatic carbocycles. The van der Waals surface area contributed by atoms with E-state index in [2.05, 4.69) is 37.9 Å². The Balaban J connectivity index is 2.25. The van der Waals surface area contributed by atoms with Crippen LogP contribution in [0, 0.1) is 5.92 Å². The van der Waals surface area contributed by atoms with Crippen molar-refractivity contribution in [2.75, 3.05) is 0 Å². The van der Waals surface area contributed by atoms with Gasteiger partial charge >= 0.3 is 5.97 Å². The minimum absolute atomic E-state index is 0.119. The van der Waals surface area contributed by atoms with Crippen LogP contribution in [0.1, 0.15) is 45.7 Å². The van der Waals surface area contributed by atoms with Gasteiger partial charge in [0, 0.05) is 5.92 Å². The number of esters is 1. The van der Waals surface area contributed by atoms with E-state index in [4.69, 9.17) is 4.74 Å². The molecule has 0 fully saturated rings. The molecule has 20 heavy (non-hydrogen) atoms. The Kier molecular flexibility index (Phi) is 3.80. The standard InChI is InChI=1S/C17H21NO2/c1-11(2)15-18-14(16(19)20-15)10-12-6-8-13(9-7-12)17(3,4)5/h6-11H,1-5H3/b14-10+. The van der Waals surface area contributed by atoms with Crippen molar-refractivity contribution in [2.24, 2.45) is 10.9 Å². The van der Waals surface area contributed by atoms with Crippen LogP contribution in [0.3, 0.4) is 0 Å². The molecule has 0 saturated heterocycles. The van der Waals surface area contributed by atoms with E-state index in [1.54, 1.807) is 6.08 Å². The van der Waals surface area contributed by atoms with Gasteiger partial charge < -0.3 is 4.74 Å². The summed E-state index contributed by atoms with van der Waals surface area (Å²) in [6.07, 6.45) is 1.77. The number of cyclic esters (lactones) is 1. The Labute approximate surface area is 120 Å². The minimum Gasteiger partial charge on any atom is -0.407 e. The van der Waals surface area contributed by atoms with Crippen LogP contribution in [-0.4, -0.2) is 11.9 Å². The van der Waals surface area contributed by atoms with Crippen LogP contribution >= 0.6 is 0 Å². The van der Waals surface area contributed by atoms with Gasteiger partial charge in [-0.15, -0.1) is 0 Å². The van der Waals surface area contributed by atoms with E-state index in [1.807, 2.05) is 26.0 Å². The molecular formula is C17H21NO2. The third-order valence-electron chi connectivity index (χ3n) is 3.21. The zero-order chi connectivity index (χ0) is 14.9. The molecule has 1 aliphatic rings. The maximum Gasteiger partial charge on any atom is 0.363 e. The smallest absolute Gasteiger partial charge is 0.363 e. The van der Waals surface area contributed by atoms with Crippen LogP contribution < -0.4 is 0 Å². The second kappa shape index (κ2) is 5.23. The average Bonchev–Trinajstić information content (AvgIpc) is 2.71. The van der Waals surface area contributed by atoms with E-state index < -0.39 is 0 Å². The molecule has 3 nitrogen and oxygen atoms in total. The van der Waals surface area contributed by atoms with Crippen molar-refractivity contribution in [3.63, 3.8) is 0 Å². The first-order valence-electron chi connectivity index (χ1n) is 6.90. The number of hydrogen-bond donors (Lipinski definition) is 0. The van der Waals surface area contributed by atoms with Gasteiger partial charge in [-0.25, -0.2) is 9.79 Å². The molecule has 1 heterocycles. The average molecular weight is 271 g/mol.